The lowest BCUT2D eigenvalue weighted by Crippen LogP contribution is -2.38. The number of benzene rings is 1. The molecule has 0 saturated heterocycles. The molecule has 0 unspecified atom stereocenters. The van der Waals surface area contributed by atoms with E-state index in [0.29, 0.717) is 4.75 Å². The van der Waals surface area contributed by atoms with Gasteiger partial charge in [0, 0.05) is 23.2 Å². The normalized spacial score (nSPS) is 18.9. The highest BCUT2D eigenvalue weighted by Crippen LogP contribution is 2.45. The van der Waals surface area contributed by atoms with Crippen LogP contribution < -0.4 is 4.90 Å². The lowest BCUT2D eigenvalue weighted by atomic mass is 10.1. The zero-order chi connectivity index (χ0) is 11.2. The van der Waals surface area contributed by atoms with E-state index in [-0.39, 0.29) is 0 Å². The van der Waals surface area contributed by atoms with Crippen LogP contribution in [0, 0.1) is 13.8 Å². The van der Waals surface area contributed by atoms with Gasteiger partial charge in [0.25, 0.3) is 0 Å². The number of nitrogens with zero attached hydrogens (tertiary/aromatic N) is 1. The molecule has 82 valence electrons. The first kappa shape index (κ1) is 10.9. The van der Waals surface area contributed by atoms with Crippen LogP contribution in [0.2, 0.25) is 0 Å². The monoisotopic (exact) mass is 221 g/mol. The molecule has 0 spiro atoms. The van der Waals surface area contributed by atoms with Crippen molar-refractivity contribution >= 4 is 17.4 Å². The van der Waals surface area contributed by atoms with Crippen LogP contribution in [0.4, 0.5) is 5.69 Å². The quantitative estimate of drug-likeness (QED) is 0.658. The summed E-state index contributed by atoms with van der Waals surface area (Å²) in [5, 5.41) is 0. The van der Waals surface area contributed by atoms with Gasteiger partial charge in [-0.05, 0) is 44.9 Å². The maximum absolute atomic E-state index is 2.39. The predicted octanol–water partition coefficient (Wildman–Crippen LogP) is 3.62. The van der Waals surface area contributed by atoms with Gasteiger partial charge >= 0.3 is 0 Å². The Morgan fingerprint density at radius 3 is 2.60 bits per heavy atom. The number of anilines is 1. The first-order chi connectivity index (χ1) is 6.89. The Hall–Kier alpha value is -0.630. The molecule has 0 bridgehead atoms. The number of thioether (sulfide) groups is 1. The van der Waals surface area contributed by atoms with Crippen molar-refractivity contribution < 1.29 is 0 Å². The van der Waals surface area contributed by atoms with E-state index < -0.39 is 0 Å². The topological polar surface area (TPSA) is 3.24 Å². The van der Waals surface area contributed by atoms with Gasteiger partial charge in [-0.25, -0.2) is 0 Å². The summed E-state index contributed by atoms with van der Waals surface area (Å²) in [6.45, 7) is 10.1. The summed E-state index contributed by atoms with van der Waals surface area (Å²) in [6.07, 6.45) is 0. The fourth-order valence-corrected chi connectivity index (χ4v) is 3.98. The molecule has 0 N–H and O–H groups in total. The van der Waals surface area contributed by atoms with Crippen LogP contribution in [0.1, 0.15) is 25.0 Å². The molecule has 1 nitrogen and oxygen atoms in total. The molecule has 0 fully saturated rings. The van der Waals surface area contributed by atoms with Crippen molar-refractivity contribution in [2.75, 3.05) is 18.5 Å². The second kappa shape index (κ2) is 3.44. The third kappa shape index (κ3) is 2.00. The summed E-state index contributed by atoms with van der Waals surface area (Å²) in [5.74, 6) is 0. The second-order valence-electron chi connectivity index (χ2n) is 5.15. The summed E-state index contributed by atoms with van der Waals surface area (Å²) >= 11 is 2.00. The molecule has 1 aromatic rings. The number of hydrogen-bond donors (Lipinski definition) is 0. The first-order valence-electron chi connectivity index (χ1n) is 5.40. The van der Waals surface area contributed by atoms with E-state index in [9.17, 15) is 0 Å². The molecule has 1 heterocycles. The standard InChI is InChI=1S/C13H19NS/c1-9-6-10(2)12-11(7-9)15-13(3,4)8-14(12)5/h6-7H,8H2,1-5H3. The fraction of sp³-hybridized carbons (Fsp3) is 0.538. The van der Waals surface area contributed by atoms with E-state index in [1.54, 1.807) is 0 Å². The van der Waals surface area contributed by atoms with Crippen molar-refractivity contribution in [2.45, 2.75) is 37.3 Å². The summed E-state index contributed by atoms with van der Waals surface area (Å²) in [5.41, 5.74) is 4.19. The molecular formula is C13H19NS. The van der Waals surface area contributed by atoms with Crippen molar-refractivity contribution in [3.8, 4) is 0 Å². The van der Waals surface area contributed by atoms with Gasteiger partial charge in [0.05, 0.1) is 5.69 Å². The van der Waals surface area contributed by atoms with Crippen LogP contribution in [-0.4, -0.2) is 18.3 Å². The highest BCUT2D eigenvalue weighted by molar-refractivity contribution is 8.00. The van der Waals surface area contributed by atoms with E-state index in [1.807, 2.05) is 11.8 Å². The van der Waals surface area contributed by atoms with Crippen molar-refractivity contribution in [2.24, 2.45) is 0 Å². The maximum atomic E-state index is 2.39. The molecule has 0 saturated carbocycles. The van der Waals surface area contributed by atoms with E-state index in [2.05, 4.69) is 51.8 Å². The van der Waals surface area contributed by atoms with Crippen LogP contribution in [-0.2, 0) is 0 Å². The van der Waals surface area contributed by atoms with Crippen LogP contribution in [0.3, 0.4) is 0 Å². The molecule has 2 heteroatoms. The average Bonchev–Trinajstić information content (AvgIpc) is 1.97. The number of rotatable bonds is 0. The molecule has 1 aliphatic rings. The second-order valence-corrected chi connectivity index (χ2v) is 6.90. The van der Waals surface area contributed by atoms with Crippen LogP contribution in [0.15, 0.2) is 17.0 Å². The third-order valence-electron chi connectivity index (χ3n) is 2.80. The number of fused-ring (bicyclic) bond motifs is 1. The molecular weight excluding hydrogens is 202 g/mol. The fourth-order valence-electron chi connectivity index (χ4n) is 2.47. The van der Waals surface area contributed by atoms with Crippen LogP contribution in [0.5, 0.6) is 0 Å². The molecule has 0 radical (unpaired) electrons. The summed E-state index contributed by atoms with van der Waals surface area (Å²) in [7, 11) is 2.20. The minimum absolute atomic E-state index is 0.321. The molecule has 15 heavy (non-hydrogen) atoms. The summed E-state index contributed by atoms with van der Waals surface area (Å²) in [4.78, 5) is 3.83. The lowest BCUT2D eigenvalue weighted by molar-refractivity contribution is 0.674. The Morgan fingerprint density at radius 1 is 1.27 bits per heavy atom. The third-order valence-corrected chi connectivity index (χ3v) is 4.01. The molecule has 1 aromatic carbocycles. The van der Waals surface area contributed by atoms with Gasteiger partial charge in [-0.2, -0.15) is 0 Å². The zero-order valence-electron chi connectivity index (χ0n) is 10.2. The van der Waals surface area contributed by atoms with Gasteiger partial charge in [0.2, 0.25) is 0 Å². The number of hydrogen-bond acceptors (Lipinski definition) is 2. The van der Waals surface area contributed by atoms with E-state index in [4.69, 9.17) is 0 Å². The van der Waals surface area contributed by atoms with Crippen LogP contribution >= 0.6 is 11.8 Å². The Bertz CT molecular complexity index is 396. The lowest BCUT2D eigenvalue weighted by Gasteiger charge is -2.39. The maximum Gasteiger partial charge on any atom is 0.0532 e. The van der Waals surface area contributed by atoms with Gasteiger partial charge in [0.1, 0.15) is 0 Å². The Balaban J connectivity index is 2.55. The van der Waals surface area contributed by atoms with Gasteiger partial charge in [-0.15, -0.1) is 11.8 Å². The van der Waals surface area contributed by atoms with Gasteiger partial charge in [-0.1, -0.05) is 6.07 Å². The van der Waals surface area contributed by atoms with Crippen molar-refractivity contribution in [1.29, 1.82) is 0 Å². The predicted molar refractivity (Wildman–Crippen MR) is 69.1 cm³/mol. The average molecular weight is 221 g/mol. The van der Waals surface area contributed by atoms with Gasteiger partial charge in [-0.3, -0.25) is 0 Å². The van der Waals surface area contributed by atoms with Gasteiger partial charge in [0.15, 0.2) is 0 Å². The zero-order valence-corrected chi connectivity index (χ0v) is 11.0. The smallest absolute Gasteiger partial charge is 0.0532 e. The van der Waals surface area contributed by atoms with Gasteiger partial charge < -0.3 is 4.90 Å². The van der Waals surface area contributed by atoms with E-state index in [1.165, 1.54) is 21.7 Å². The highest BCUT2D eigenvalue weighted by atomic mass is 32.2. The van der Waals surface area contributed by atoms with Crippen molar-refractivity contribution in [3.05, 3.63) is 23.3 Å². The molecule has 0 amide bonds. The molecule has 2 rings (SSSR count). The number of aryl methyl sites for hydroxylation is 2. The summed E-state index contributed by atoms with van der Waals surface area (Å²) in [6, 6.07) is 4.58. The Kier molecular flexibility index (Phi) is 2.50. The largest absolute Gasteiger partial charge is 0.372 e. The first-order valence-corrected chi connectivity index (χ1v) is 6.22. The SMILES string of the molecule is Cc1cc(C)c2c(c1)SC(C)(C)CN2C. The molecule has 1 aliphatic heterocycles. The summed E-state index contributed by atoms with van der Waals surface area (Å²) < 4.78 is 0.321. The molecule has 0 aliphatic carbocycles. The minimum Gasteiger partial charge on any atom is -0.372 e. The molecule has 0 atom stereocenters. The highest BCUT2D eigenvalue weighted by Gasteiger charge is 2.30. The van der Waals surface area contributed by atoms with E-state index in [0.717, 1.165) is 6.54 Å². The van der Waals surface area contributed by atoms with Crippen molar-refractivity contribution in [3.63, 3.8) is 0 Å². The molecule has 0 aromatic heterocycles. The van der Waals surface area contributed by atoms with Crippen molar-refractivity contribution in [1.82, 2.24) is 0 Å². The van der Waals surface area contributed by atoms with Crippen LogP contribution in [0.25, 0.3) is 0 Å². The van der Waals surface area contributed by atoms with E-state index >= 15 is 0 Å². The Morgan fingerprint density at radius 2 is 1.93 bits per heavy atom. The minimum atomic E-state index is 0.321. The Labute approximate surface area is 96.9 Å².